The predicted octanol–water partition coefficient (Wildman–Crippen LogP) is 3.85. The number of fused-ring (bicyclic) bond motifs is 1. The van der Waals surface area contributed by atoms with E-state index in [0.717, 1.165) is 35.4 Å². The van der Waals surface area contributed by atoms with Gasteiger partial charge in [-0.3, -0.25) is 9.89 Å². The van der Waals surface area contributed by atoms with Crippen molar-refractivity contribution in [3.8, 4) is 0 Å². The Bertz CT molecular complexity index is 1040. The van der Waals surface area contributed by atoms with Crippen LogP contribution in [-0.4, -0.2) is 42.6 Å². The van der Waals surface area contributed by atoms with Crippen LogP contribution in [0, 0.1) is 6.92 Å². The van der Waals surface area contributed by atoms with Crippen molar-refractivity contribution in [1.29, 1.82) is 0 Å². The van der Waals surface area contributed by atoms with E-state index in [1.165, 1.54) is 0 Å². The van der Waals surface area contributed by atoms with Crippen LogP contribution in [-0.2, 0) is 6.54 Å². The zero-order chi connectivity index (χ0) is 19.7. The van der Waals surface area contributed by atoms with Crippen LogP contribution in [0.25, 0.3) is 11.0 Å². The molecule has 1 aliphatic rings. The molecule has 3 aromatic rings. The first-order valence-corrected chi connectivity index (χ1v) is 9.65. The maximum Gasteiger partial charge on any atom is 0.275 e. The first-order chi connectivity index (χ1) is 13.6. The standard InChI is InChI=1S/C22H25N5O/c1-4-8-18-10-7-9-15(2)27(18)22(28)20-13-17(24-25-20)14-26-16(3)23-19-11-5-6-12-21(19)26/h4-7,9,11-13,15,18H,1,8,10,14H2,2-3H3,(H,24,25)/t15-,18-/m1/s1. The van der Waals surface area contributed by atoms with E-state index in [-0.39, 0.29) is 18.0 Å². The molecule has 1 aliphatic heterocycles. The fraction of sp³-hybridized carbons (Fsp3) is 0.318. The van der Waals surface area contributed by atoms with Crippen LogP contribution in [0.3, 0.4) is 0 Å². The van der Waals surface area contributed by atoms with Crippen LogP contribution in [0.1, 0.15) is 41.8 Å². The van der Waals surface area contributed by atoms with E-state index in [2.05, 4.69) is 44.5 Å². The molecule has 6 nitrogen and oxygen atoms in total. The highest BCUT2D eigenvalue weighted by molar-refractivity contribution is 5.93. The summed E-state index contributed by atoms with van der Waals surface area (Å²) in [6.07, 6.45) is 7.72. The van der Waals surface area contributed by atoms with Gasteiger partial charge in [0.05, 0.1) is 23.3 Å². The number of imidazole rings is 1. The summed E-state index contributed by atoms with van der Waals surface area (Å²) in [4.78, 5) is 19.7. The van der Waals surface area contributed by atoms with Crippen molar-refractivity contribution in [1.82, 2.24) is 24.6 Å². The number of hydrogen-bond acceptors (Lipinski definition) is 3. The Morgan fingerprint density at radius 3 is 3.04 bits per heavy atom. The highest BCUT2D eigenvalue weighted by atomic mass is 16.2. The quantitative estimate of drug-likeness (QED) is 0.689. The number of carbonyl (C=O) groups excluding carboxylic acids is 1. The van der Waals surface area contributed by atoms with E-state index in [1.54, 1.807) is 0 Å². The number of rotatable bonds is 5. The molecule has 0 aliphatic carbocycles. The molecule has 0 saturated heterocycles. The van der Waals surface area contributed by atoms with Gasteiger partial charge in [-0.2, -0.15) is 5.10 Å². The molecule has 1 amide bonds. The van der Waals surface area contributed by atoms with Crippen molar-refractivity contribution in [2.75, 3.05) is 0 Å². The molecule has 2 aromatic heterocycles. The molecule has 0 spiro atoms. The molecule has 0 fully saturated rings. The average molecular weight is 375 g/mol. The minimum Gasteiger partial charge on any atom is -0.327 e. The number of amides is 1. The highest BCUT2D eigenvalue weighted by Gasteiger charge is 2.30. The SMILES string of the molecule is C=CC[C@@H]1CC=C[C@@H](C)N1C(=O)c1cc(Cn2c(C)nc3ccccc32)[nH]n1. The van der Waals surface area contributed by atoms with Gasteiger partial charge in [0, 0.05) is 12.1 Å². The number of H-pyrrole nitrogens is 1. The van der Waals surface area contributed by atoms with Gasteiger partial charge in [0.25, 0.3) is 5.91 Å². The molecule has 0 unspecified atom stereocenters. The molecular weight excluding hydrogens is 350 g/mol. The predicted molar refractivity (Wildman–Crippen MR) is 110 cm³/mol. The molecular formula is C22H25N5O. The van der Waals surface area contributed by atoms with Crippen molar-refractivity contribution in [2.45, 2.75) is 45.3 Å². The summed E-state index contributed by atoms with van der Waals surface area (Å²) < 4.78 is 2.13. The van der Waals surface area contributed by atoms with Crippen molar-refractivity contribution >= 4 is 16.9 Å². The van der Waals surface area contributed by atoms with Gasteiger partial charge < -0.3 is 9.47 Å². The van der Waals surface area contributed by atoms with Crippen molar-refractivity contribution in [2.24, 2.45) is 0 Å². The van der Waals surface area contributed by atoms with Gasteiger partial charge in [-0.15, -0.1) is 6.58 Å². The Hall–Kier alpha value is -3.15. The zero-order valence-corrected chi connectivity index (χ0v) is 16.3. The lowest BCUT2D eigenvalue weighted by Gasteiger charge is -2.37. The summed E-state index contributed by atoms with van der Waals surface area (Å²) in [6, 6.07) is 10.1. The maximum atomic E-state index is 13.1. The van der Waals surface area contributed by atoms with Crippen molar-refractivity contribution in [3.63, 3.8) is 0 Å². The normalized spacial score (nSPS) is 19.3. The first-order valence-electron chi connectivity index (χ1n) is 9.65. The van der Waals surface area contributed by atoms with Gasteiger partial charge >= 0.3 is 0 Å². The van der Waals surface area contributed by atoms with E-state index >= 15 is 0 Å². The summed E-state index contributed by atoms with van der Waals surface area (Å²) in [6.45, 7) is 8.46. The van der Waals surface area contributed by atoms with Crippen molar-refractivity contribution < 1.29 is 4.79 Å². The smallest absolute Gasteiger partial charge is 0.275 e. The van der Waals surface area contributed by atoms with Crippen LogP contribution in [0.5, 0.6) is 0 Å². The number of aromatic amines is 1. The second-order valence-corrected chi connectivity index (χ2v) is 7.31. The van der Waals surface area contributed by atoms with E-state index in [9.17, 15) is 4.79 Å². The van der Waals surface area contributed by atoms with Gasteiger partial charge in [0.1, 0.15) is 5.82 Å². The number of aryl methyl sites for hydroxylation is 1. The van der Waals surface area contributed by atoms with Crippen LogP contribution < -0.4 is 0 Å². The summed E-state index contributed by atoms with van der Waals surface area (Å²) in [7, 11) is 0. The second kappa shape index (κ2) is 7.46. The number of aromatic nitrogens is 4. The van der Waals surface area contributed by atoms with Crippen LogP contribution >= 0.6 is 0 Å². The molecule has 1 aromatic carbocycles. The minimum atomic E-state index is -0.0431. The third-order valence-corrected chi connectivity index (χ3v) is 5.35. The molecule has 144 valence electrons. The van der Waals surface area contributed by atoms with E-state index < -0.39 is 0 Å². The van der Waals surface area contributed by atoms with Crippen molar-refractivity contribution in [3.05, 3.63) is 72.4 Å². The van der Waals surface area contributed by atoms with E-state index in [0.29, 0.717) is 12.2 Å². The number of benzene rings is 1. The topological polar surface area (TPSA) is 66.8 Å². The monoisotopic (exact) mass is 375 g/mol. The summed E-state index contributed by atoms with van der Waals surface area (Å²) in [5, 5.41) is 7.34. The molecule has 4 rings (SSSR count). The minimum absolute atomic E-state index is 0.0431. The number of carbonyl (C=O) groups is 1. The molecule has 0 radical (unpaired) electrons. The summed E-state index contributed by atoms with van der Waals surface area (Å²) in [5.74, 6) is 0.892. The van der Waals surface area contributed by atoms with E-state index in [1.807, 2.05) is 49.1 Å². The third kappa shape index (κ3) is 3.26. The zero-order valence-electron chi connectivity index (χ0n) is 16.3. The molecule has 6 heteroatoms. The largest absolute Gasteiger partial charge is 0.327 e. The lowest BCUT2D eigenvalue weighted by Crippen LogP contribution is -2.47. The summed E-state index contributed by atoms with van der Waals surface area (Å²) >= 11 is 0. The van der Waals surface area contributed by atoms with E-state index in [4.69, 9.17) is 0 Å². The third-order valence-electron chi connectivity index (χ3n) is 5.35. The first kappa shape index (κ1) is 18.2. The lowest BCUT2D eigenvalue weighted by molar-refractivity contribution is 0.0616. The number of para-hydroxylation sites is 2. The number of nitrogens with zero attached hydrogens (tertiary/aromatic N) is 4. The van der Waals surface area contributed by atoms with Crippen LogP contribution in [0.4, 0.5) is 0 Å². The Morgan fingerprint density at radius 2 is 2.21 bits per heavy atom. The Morgan fingerprint density at radius 1 is 1.39 bits per heavy atom. The summed E-state index contributed by atoms with van der Waals surface area (Å²) in [5.41, 5.74) is 3.38. The van der Waals surface area contributed by atoms with Gasteiger partial charge in [-0.1, -0.05) is 30.4 Å². The molecule has 0 bridgehead atoms. The Kier molecular flexibility index (Phi) is 4.86. The highest BCUT2D eigenvalue weighted by Crippen LogP contribution is 2.23. The van der Waals surface area contributed by atoms with Crippen LogP contribution in [0.2, 0.25) is 0 Å². The van der Waals surface area contributed by atoms with Gasteiger partial charge in [0.15, 0.2) is 5.69 Å². The Balaban J connectivity index is 1.58. The molecule has 3 heterocycles. The number of nitrogens with one attached hydrogen (secondary N) is 1. The molecule has 1 N–H and O–H groups in total. The van der Waals surface area contributed by atoms with Gasteiger partial charge in [-0.25, -0.2) is 4.98 Å². The fourth-order valence-electron chi connectivity index (χ4n) is 3.97. The number of hydrogen-bond donors (Lipinski definition) is 1. The molecule has 28 heavy (non-hydrogen) atoms. The lowest BCUT2D eigenvalue weighted by atomic mass is 10.00. The second-order valence-electron chi connectivity index (χ2n) is 7.31. The maximum absolute atomic E-state index is 13.1. The molecule has 0 saturated carbocycles. The van der Waals surface area contributed by atoms with Gasteiger partial charge in [0.2, 0.25) is 0 Å². The average Bonchev–Trinajstić information content (AvgIpc) is 3.27. The fourth-order valence-corrected chi connectivity index (χ4v) is 3.97. The van der Waals surface area contributed by atoms with Gasteiger partial charge in [-0.05, 0) is 44.9 Å². The molecule has 2 atom stereocenters. The Labute approximate surface area is 164 Å². The van der Waals surface area contributed by atoms with Crippen LogP contribution in [0.15, 0.2) is 55.1 Å².